The Hall–Kier alpha value is -1.33. The molecule has 0 amide bonds. The van der Waals surface area contributed by atoms with Crippen LogP contribution in [0.2, 0.25) is 5.02 Å². The summed E-state index contributed by atoms with van der Waals surface area (Å²) in [4.78, 5) is 1.06. The van der Waals surface area contributed by atoms with Gasteiger partial charge < -0.3 is 4.74 Å². The third-order valence-electron chi connectivity index (χ3n) is 2.68. The smallest absolute Gasteiger partial charge is 0.422 e. The SMILES string of the molecule is CSc1ccc(-c2c[c]cc(Cl)c2OCC(F)(F)F)cc1. The monoisotopic (exact) mass is 331 g/mol. The van der Waals surface area contributed by atoms with Crippen LogP contribution in [0.25, 0.3) is 11.1 Å². The van der Waals surface area contributed by atoms with Crippen molar-refractivity contribution >= 4 is 23.4 Å². The van der Waals surface area contributed by atoms with Crippen LogP contribution >= 0.6 is 23.4 Å². The molecule has 0 N–H and O–H groups in total. The molecule has 2 aromatic carbocycles. The molecule has 1 radical (unpaired) electrons. The minimum atomic E-state index is -4.41. The van der Waals surface area contributed by atoms with Crippen molar-refractivity contribution in [3.05, 3.63) is 47.5 Å². The van der Waals surface area contributed by atoms with Gasteiger partial charge in [-0.2, -0.15) is 13.2 Å². The van der Waals surface area contributed by atoms with Gasteiger partial charge in [0.2, 0.25) is 0 Å². The predicted octanol–water partition coefficient (Wildman–Crippen LogP) is 5.47. The summed E-state index contributed by atoms with van der Waals surface area (Å²) >= 11 is 7.52. The summed E-state index contributed by atoms with van der Waals surface area (Å²) in [5, 5.41) is 0.102. The zero-order valence-corrected chi connectivity index (χ0v) is 12.6. The number of hydrogen-bond donors (Lipinski definition) is 0. The second-order valence-corrected chi connectivity index (χ2v) is 5.47. The van der Waals surface area contributed by atoms with Gasteiger partial charge in [0.25, 0.3) is 0 Å². The molecule has 0 aliphatic rings. The highest BCUT2D eigenvalue weighted by atomic mass is 35.5. The molecule has 111 valence electrons. The average Bonchev–Trinajstić information content (AvgIpc) is 2.45. The van der Waals surface area contributed by atoms with Crippen LogP contribution in [0, 0.1) is 6.07 Å². The lowest BCUT2D eigenvalue weighted by Crippen LogP contribution is -2.19. The number of ether oxygens (including phenoxy) is 1. The second-order valence-electron chi connectivity index (χ2n) is 4.18. The molecule has 1 nitrogen and oxygen atoms in total. The Bertz CT molecular complexity index is 611. The number of halogens is 4. The second kappa shape index (κ2) is 6.62. The summed E-state index contributed by atoms with van der Waals surface area (Å²) in [6.07, 6.45) is -2.47. The first-order chi connectivity index (χ1) is 9.90. The van der Waals surface area contributed by atoms with Gasteiger partial charge in [0.1, 0.15) is 5.75 Å². The van der Waals surface area contributed by atoms with Crippen LogP contribution in [0.15, 0.2) is 41.3 Å². The van der Waals surface area contributed by atoms with Crippen molar-refractivity contribution in [2.75, 3.05) is 12.9 Å². The van der Waals surface area contributed by atoms with E-state index in [-0.39, 0.29) is 10.8 Å². The predicted molar refractivity (Wildman–Crippen MR) is 79.1 cm³/mol. The van der Waals surface area contributed by atoms with Crippen LogP contribution < -0.4 is 4.74 Å². The van der Waals surface area contributed by atoms with Crippen molar-refractivity contribution in [3.63, 3.8) is 0 Å². The fourth-order valence-corrected chi connectivity index (χ4v) is 2.37. The molecular weight excluding hydrogens is 321 g/mol. The number of benzene rings is 2. The lowest BCUT2D eigenvalue weighted by molar-refractivity contribution is -0.153. The van der Waals surface area contributed by atoms with Crippen LogP contribution in [-0.4, -0.2) is 19.0 Å². The van der Waals surface area contributed by atoms with E-state index in [9.17, 15) is 13.2 Å². The summed E-state index contributed by atoms with van der Waals surface area (Å²) in [5.41, 5.74) is 1.21. The van der Waals surface area contributed by atoms with Gasteiger partial charge in [0.15, 0.2) is 6.61 Å². The summed E-state index contributed by atoms with van der Waals surface area (Å²) in [6.45, 7) is -1.38. The third-order valence-corrected chi connectivity index (χ3v) is 3.70. The summed E-state index contributed by atoms with van der Waals surface area (Å²) in [6, 6.07) is 13.1. The number of rotatable bonds is 4. The Kier molecular flexibility index (Phi) is 5.06. The maximum absolute atomic E-state index is 12.3. The van der Waals surface area contributed by atoms with Gasteiger partial charge in [-0.25, -0.2) is 0 Å². The first kappa shape index (κ1) is 16.0. The highest BCUT2D eigenvalue weighted by Crippen LogP contribution is 2.37. The highest BCUT2D eigenvalue weighted by Gasteiger charge is 2.29. The maximum atomic E-state index is 12.3. The summed E-state index contributed by atoms with van der Waals surface area (Å²) < 4.78 is 41.8. The van der Waals surface area contributed by atoms with Gasteiger partial charge in [0, 0.05) is 10.5 Å². The maximum Gasteiger partial charge on any atom is 0.422 e. The van der Waals surface area contributed by atoms with Crippen molar-refractivity contribution < 1.29 is 17.9 Å². The summed E-state index contributed by atoms with van der Waals surface area (Å²) in [5.74, 6) is 0.0182. The molecule has 0 unspecified atom stereocenters. The fourth-order valence-electron chi connectivity index (χ4n) is 1.74. The van der Waals surface area contributed by atoms with Crippen molar-refractivity contribution in [1.82, 2.24) is 0 Å². The zero-order chi connectivity index (χ0) is 15.5. The van der Waals surface area contributed by atoms with Crippen LogP contribution in [0.3, 0.4) is 0 Å². The van der Waals surface area contributed by atoms with Gasteiger partial charge >= 0.3 is 6.18 Å². The normalized spacial score (nSPS) is 11.5. The Morgan fingerprint density at radius 3 is 2.43 bits per heavy atom. The third kappa shape index (κ3) is 4.32. The molecule has 0 saturated carbocycles. The van der Waals surface area contributed by atoms with Gasteiger partial charge in [-0.05, 0) is 42.2 Å². The van der Waals surface area contributed by atoms with Crippen molar-refractivity contribution in [2.45, 2.75) is 11.1 Å². The quantitative estimate of drug-likeness (QED) is 0.687. The summed E-state index contributed by atoms with van der Waals surface area (Å²) in [7, 11) is 0. The molecule has 21 heavy (non-hydrogen) atoms. The van der Waals surface area contributed by atoms with E-state index in [2.05, 4.69) is 6.07 Å². The molecule has 0 bridgehead atoms. The standard InChI is InChI=1S/C15H11ClF3OS/c1-21-11-7-5-10(6-8-11)12-3-2-4-13(16)14(12)20-9-15(17,18)19/h3-8H,9H2,1H3. The van der Waals surface area contributed by atoms with Crippen LogP contribution in [0.5, 0.6) is 5.75 Å². The molecule has 2 rings (SSSR count). The van der Waals surface area contributed by atoms with Crippen LogP contribution in [-0.2, 0) is 0 Å². The van der Waals surface area contributed by atoms with Crippen molar-refractivity contribution in [3.8, 4) is 16.9 Å². The molecule has 0 saturated heterocycles. The highest BCUT2D eigenvalue weighted by molar-refractivity contribution is 7.98. The van der Waals surface area contributed by atoms with E-state index in [1.165, 1.54) is 6.07 Å². The van der Waals surface area contributed by atoms with Crippen LogP contribution in [0.1, 0.15) is 0 Å². The Balaban J connectivity index is 2.36. The Morgan fingerprint density at radius 2 is 1.86 bits per heavy atom. The lowest BCUT2D eigenvalue weighted by atomic mass is 10.0. The molecule has 2 aromatic rings. The molecule has 6 heteroatoms. The van der Waals surface area contributed by atoms with Crippen LogP contribution in [0.4, 0.5) is 13.2 Å². The van der Waals surface area contributed by atoms with E-state index in [4.69, 9.17) is 16.3 Å². The van der Waals surface area contributed by atoms with E-state index >= 15 is 0 Å². The molecule has 0 spiro atoms. The molecule has 0 fully saturated rings. The molecular formula is C15H11ClF3OS. The zero-order valence-electron chi connectivity index (χ0n) is 11.0. The minimum Gasteiger partial charge on any atom is -0.482 e. The minimum absolute atomic E-state index is 0.0182. The van der Waals surface area contributed by atoms with E-state index in [0.29, 0.717) is 5.56 Å². The molecule has 0 aromatic heterocycles. The first-order valence-electron chi connectivity index (χ1n) is 5.94. The van der Waals surface area contributed by atoms with Crippen molar-refractivity contribution in [2.24, 2.45) is 0 Å². The topological polar surface area (TPSA) is 9.23 Å². The molecule has 0 atom stereocenters. The van der Waals surface area contributed by atoms with Gasteiger partial charge in [-0.3, -0.25) is 0 Å². The molecule has 0 heterocycles. The number of hydrogen-bond acceptors (Lipinski definition) is 2. The number of thioether (sulfide) groups is 1. The average molecular weight is 332 g/mol. The van der Waals surface area contributed by atoms with E-state index in [1.54, 1.807) is 17.8 Å². The van der Waals surface area contributed by atoms with Gasteiger partial charge in [-0.1, -0.05) is 23.7 Å². The van der Waals surface area contributed by atoms with Gasteiger partial charge in [-0.15, -0.1) is 11.8 Å². The van der Waals surface area contributed by atoms with Gasteiger partial charge in [0.05, 0.1) is 5.02 Å². The first-order valence-corrected chi connectivity index (χ1v) is 7.54. The van der Waals surface area contributed by atoms with E-state index < -0.39 is 12.8 Å². The largest absolute Gasteiger partial charge is 0.482 e. The Labute approximate surface area is 130 Å². The van der Waals surface area contributed by atoms with Crippen molar-refractivity contribution in [1.29, 1.82) is 0 Å². The lowest BCUT2D eigenvalue weighted by Gasteiger charge is -2.14. The van der Waals surface area contributed by atoms with E-state index in [0.717, 1.165) is 10.5 Å². The fraction of sp³-hybridized carbons (Fsp3) is 0.200. The Morgan fingerprint density at radius 1 is 1.19 bits per heavy atom. The molecule has 0 aliphatic carbocycles. The molecule has 0 aliphatic heterocycles. The van der Waals surface area contributed by atoms with E-state index in [1.807, 2.05) is 30.5 Å². The number of alkyl halides is 3.